The molecule has 0 aliphatic heterocycles. The van der Waals surface area contributed by atoms with Crippen LogP contribution in [0.15, 0.2) is 72.8 Å². The molecule has 3 aromatic rings. The fourth-order valence-corrected chi connectivity index (χ4v) is 5.97. The summed E-state index contributed by atoms with van der Waals surface area (Å²) >= 11 is 12.4. The first-order valence-corrected chi connectivity index (χ1v) is 16.2. The smallest absolute Gasteiger partial charge is 0.243 e. The van der Waals surface area contributed by atoms with Crippen molar-refractivity contribution in [2.75, 3.05) is 24.2 Å². The highest BCUT2D eigenvalue weighted by molar-refractivity contribution is 7.92. The quantitative estimate of drug-likeness (QED) is 0.245. The first-order valence-electron chi connectivity index (χ1n) is 13.6. The lowest BCUT2D eigenvalue weighted by molar-refractivity contribution is -0.141. The first kappa shape index (κ1) is 33.2. The van der Waals surface area contributed by atoms with Gasteiger partial charge >= 0.3 is 0 Å². The molecular formula is C31H37Cl2N3O5S. The second-order valence-corrected chi connectivity index (χ2v) is 13.0. The summed E-state index contributed by atoms with van der Waals surface area (Å²) in [6.07, 6.45) is 1.57. The Kier molecular flexibility index (Phi) is 12.1. The molecule has 0 fully saturated rings. The molecule has 0 aliphatic rings. The number of hydrogen-bond acceptors (Lipinski definition) is 5. The first-order chi connectivity index (χ1) is 19.9. The van der Waals surface area contributed by atoms with Gasteiger partial charge in [0.25, 0.3) is 0 Å². The van der Waals surface area contributed by atoms with Crippen LogP contribution in [-0.4, -0.2) is 57.1 Å². The molecular weight excluding hydrogens is 597 g/mol. The van der Waals surface area contributed by atoms with E-state index < -0.39 is 16.1 Å². The largest absolute Gasteiger partial charge is 0.497 e. The number of carbonyl (C=O) groups excluding carboxylic acids is 2. The van der Waals surface area contributed by atoms with Gasteiger partial charge in [0.1, 0.15) is 11.8 Å². The standard InChI is InChI=1S/C31H37Cl2N3O5S/c1-22(2)34-31(38)29(19-23-10-6-5-7-11-23)35(21-24-12-8-13-26(18-24)41-3)30(37)14-9-17-36(42(4,39)40)28-20-25(32)15-16-27(28)33/h5-8,10-13,15-16,18,20,22,29H,9,14,17,19,21H2,1-4H3,(H,34,38)/t29-/m0/s1. The molecule has 0 heterocycles. The van der Waals surface area contributed by atoms with E-state index in [9.17, 15) is 18.0 Å². The predicted octanol–water partition coefficient (Wildman–Crippen LogP) is 5.71. The Balaban J connectivity index is 1.92. The van der Waals surface area contributed by atoms with E-state index in [-0.39, 0.29) is 54.5 Å². The summed E-state index contributed by atoms with van der Waals surface area (Å²) < 4.78 is 31.9. The van der Waals surface area contributed by atoms with E-state index in [0.717, 1.165) is 21.7 Å². The molecule has 226 valence electrons. The van der Waals surface area contributed by atoms with Gasteiger partial charge in [-0.3, -0.25) is 13.9 Å². The molecule has 42 heavy (non-hydrogen) atoms. The maximum Gasteiger partial charge on any atom is 0.243 e. The normalized spacial score (nSPS) is 12.1. The van der Waals surface area contributed by atoms with Gasteiger partial charge in [0.2, 0.25) is 21.8 Å². The topological polar surface area (TPSA) is 96.0 Å². The number of rotatable bonds is 14. The van der Waals surface area contributed by atoms with Crippen molar-refractivity contribution in [2.24, 2.45) is 0 Å². The third-order valence-corrected chi connectivity index (χ3v) is 8.25. The van der Waals surface area contributed by atoms with E-state index >= 15 is 0 Å². The monoisotopic (exact) mass is 633 g/mol. The van der Waals surface area contributed by atoms with Gasteiger partial charge in [0.05, 0.1) is 24.1 Å². The highest BCUT2D eigenvalue weighted by atomic mass is 35.5. The van der Waals surface area contributed by atoms with Gasteiger partial charge in [-0.1, -0.05) is 65.7 Å². The average Bonchev–Trinajstić information content (AvgIpc) is 2.94. The van der Waals surface area contributed by atoms with Crippen LogP contribution in [0.4, 0.5) is 5.69 Å². The number of amides is 2. The number of nitrogens with one attached hydrogen (secondary N) is 1. The zero-order chi connectivity index (χ0) is 30.9. The van der Waals surface area contributed by atoms with Crippen molar-refractivity contribution in [2.45, 2.75) is 51.7 Å². The number of benzene rings is 3. The van der Waals surface area contributed by atoms with E-state index in [2.05, 4.69) is 5.32 Å². The average molecular weight is 635 g/mol. The van der Waals surface area contributed by atoms with Crippen molar-refractivity contribution in [1.29, 1.82) is 0 Å². The predicted molar refractivity (Wildman–Crippen MR) is 169 cm³/mol. The van der Waals surface area contributed by atoms with Crippen molar-refractivity contribution in [3.05, 3.63) is 94.0 Å². The van der Waals surface area contributed by atoms with E-state index in [0.29, 0.717) is 17.2 Å². The number of halogens is 2. The number of sulfonamides is 1. The van der Waals surface area contributed by atoms with Crippen LogP contribution in [0.1, 0.15) is 37.8 Å². The minimum absolute atomic E-state index is 0.000816. The van der Waals surface area contributed by atoms with Crippen molar-refractivity contribution in [3.63, 3.8) is 0 Å². The Labute approximate surface area is 258 Å². The van der Waals surface area contributed by atoms with Crippen molar-refractivity contribution >= 4 is 50.7 Å². The maximum atomic E-state index is 13.9. The molecule has 0 saturated heterocycles. The highest BCUT2D eigenvalue weighted by Crippen LogP contribution is 2.31. The molecule has 11 heteroatoms. The SMILES string of the molecule is COc1cccc(CN(C(=O)CCCN(c2cc(Cl)ccc2Cl)S(C)(=O)=O)[C@@H](Cc2ccccc2)C(=O)NC(C)C)c1. The fourth-order valence-electron chi connectivity index (χ4n) is 4.56. The summed E-state index contributed by atoms with van der Waals surface area (Å²) in [5.74, 6) is 0.0743. The van der Waals surface area contributed by atoms with E-state index in [1.165, 1.54) is 12.1 Å². The highest BCUT2D eigenvalue weighted by Gasteiger charge is 2.31. The van der Waals surface area contributed by atoms with Crippen LogP contribution in [0.25, 0.3) is 0 Å². The number of hydrogen-bond donors (Lipinski definition) is 1. The molecule has 0 radical (unpaired) electrons. The number of carbonyl (C=O) groups is 2. The molecule has 1 atom stereocenters. The van der Waals surface area contributed by atoms with Crippen LogP contribution in [0.5, 0.6) is 5.75 Å². The molecule has 3 aromatic carbocycles. The second kappa shape index (κ2) is 15.3. The second-order valence-electron chi connectivity index (χ2n) is 10.3. The zero-order valence-electron chi connectivity index (χ0n) is 24.2. The fraction of sp³-hybridized carbons (Fsp3) is 0.355. The van der Waals surface area contributed by atoms with Crippen molar-refractivity contribution in [1.82, 2.24) is 10.2 Å². The third-order valence-electron chi connectivity index (χ3n) is 6.52. The molecule has 0 aliphatic carbocycles. The summed E-state index contributed by atoms with van der Waals surface area (Å²) in [5.41, 5.74) is 1.94. The Morgan fingerprint density at radius 2 is 1.64 bits per heavy atom. The van der Waals surface area contributed by atoms with E-state index in [1.54, 1.807) is 18.1 Å². The Morgan fingerprint density at radius 1 is 0.952 bits per heavy atom. The Hall–Kier alpha value is -3.27. The summed E-state index contributed by atoms with van der Waals surface area (Å²) in [6.45, 7) is 3.90. The summed E-state index contributed by atoms with van der Waals surface area (Å²) in [6, 6.07) is 20.5. The molecule has 0 bridgehead atoms. The van der Waals surface area contributed by atoms with Crippen molar-refractivity contribution in [3.8, 4) is 5.75 Å². The van der Waals surface area contributed by atoms with Crippen LogP contribution in [-0.2, 0) is 32.6 Å². The van der Waals surface area contributed by atoms with Crippen LogP contribution in [0.2, 0.25) is 10.0 Å². The van der Waals surface area contributed by atoms with Crippen molar-refractivity contribution < 1.29 is 22.7 Å². The molecule has 0 unspecified atom stereocenters. The summed E-state index contributed by atoms with van der Waals surface area (Å²) in [7, 11) is -2.16. The lowest BCUT2D eigenvalue weighted by Crippen LogP contribution is -2.51. The minimum atomic E-state index is -3.73. The Bertz CT molecular complexity index is 1470. The third kappa shape index (κ3) is 9.64. The van der Waals surface area contributed by atoms with Gasteiger partial charge in [0.15, 0.2) is 0 Å². The summed E-state index contributed by atoms with van der Waals surface area (Å²) in [5, 5.41) is 3.52. The van der Waals surface area contributed by atoms with Gasteiger partial charge in [-0.15, -0.1) is 0 Å². The molecule has 0 aromatic heterocycles. The van der Waals surface area contributed by atoms with Gasteiger partial charge < -0.3 is 15.0 Å². The van der Waals surface area contributed by atoms with Gasteiger partial charge in [0, 0.05) is 37.0 Å². The molecule has 2 amide bonds. The summed E-state index contributed by atoms with van der Waals surface area (Å²) in [4.78, 5) is 29.0. The van der Waals surface area contributed by atoms with E-state index in [4.69, 9.17) is 27.9 Å². The van der Waals surface area contributed by atoms with Gasteiger partial charge in [-0.25, -0.2) is 8.42 Å². The van der Waals surface area contributed by atoms with Crippen LogP contribution in [0, 0.1) is 0 Å². The zero-order valence-corrected chi connectivity index (χ0v) is 26.5. The molecule has 8 nitrogen and oxygen atoms in total. The Morgan fingerprint density at radius 3 is 2.29 bits per heavy atom. The molecule has 0 spiro atoms. The number of methoxy groups -OCH3 is 1. The van der Waals surface area contributed by atoms with Gasteiger partial charge in [-0.05, 0) is 61.7 Å². The molecule has 3 rings (SSSR count). The van der Waals surface area contributed by atoms with E-state index in [1.807, 2.05) is 68.4 Å². The van der Waals surface area contributed by atoms with Crippen LogP contribution in [0.3, 0.4) is 0 Å². The lowest BCUT2D eigenvalue weighted by Gasteiger charge is -2.32. The lowest BCUT2D eigenvalue weighted by atomic mass is 10.0. The maximum absolute atomic E-state index is 13.9. The number of ether oxygens (including phenoxy) is 1. The number of nitrogens with zero attached hydrogens (tertiary/aromatic N) is 2. The van der Waals surface area contributed by atoms with Crippen LogP contribution >= 0.6 is 23.2 Å². The number of anilines is 1. The minimum Gasteiger partial charge on any atom is -0.497 e. The van der Waals surface area contributed by atoms with Gasteiger partial charge in [-0.2, -0.15) is 0 Å². The molecule has 0 saturated carbocycles. The molecule has 1 N–H and O–H groups in total. The van der Waals surface area contributed by atoms with Crippen LogP contribution < -0.4 is 14.4 Å².